The number of nitrogens with zero attached hydrogens (tertiary/aromatic N) is 1. The van der Waals surface area contributed by atoms with Crippen molar-refractivity contribution in [3.05, 3.63) is 58.1 Å². The van der Waals surface area contributed by atoms with Crippen molar-refractivity contribution in [3.8, 4) is 17.2 Å². The number of halogens is 1. The van der Waals surface area contributed by atoms with E-state index in [9.17, 15) is 5.26 Å². The molecule has 0 radical (unpaired) electrons. The van der Waals surface area contributed by atoms with E-state index in [0.717, 1.165) is 22.3 Å². The van der Waals surface area contributed by atoms with Crippen molar-refractivity contribution in [3.63, 3.8) is 0 Å². The highest BCUT2D eigenvalue weighted by Gasteiger charge is 2.12. The third-order valence-corrected chi connectivity index (χ3v) is 3.19. The van der Waals surface area contributed by atoms with Crippen LogP contribution < -0.4 is 0 Å². The Morgan fingerprint density at radius 1 is 1.00 bits per heavy atom. The van der Waals surface area contributed by atoms with E-state index in [1.54, 1.807) is 0 Å². The molecule has 1 nitrogen and oxygen atoms in total. The molecule has 0 aliphatic rings. The molecule has 0 aliphatic heterocycles. The number of hydrogen-bond acceptors (Lipinski definition) is 1. The monoisotopic (exact) mass is 241 g/mol. The van der Waals surface area contributed by atoms with E-state index in [1.165, 1.54) is 0 Å². The minimum absolute atomic E-state index is 0.687. The third kappa shape index (κ3) is 2.05. The van der Waals surface area contributed by atoms with Gasteiger partial charge in [-0.15, -0.1) is 0 Å². The van der Waals surface area contributed by atoms with Gasteiger partial charge in [-0.1, -0.05) is 41.9 Å². The molecule has 0 saturated heterocycles. The molecule has 0 amide bonds. The van der Waals surface area contributed by atoms with Gasteiger partial charge in [-0.2, -0.15) is 5.26 Å². The van der Waals surface area contributed by atoms with Gasteiger partial charge in [-0.05, 0) is 31.0 Å². The lowest BCUT2D eigenvalue weighted by atomic mass is 9.94. The molecule has 0 heterocycles. The summed E-state index contributed by atoms with van der Waals surface area (Å²) in [6.07, 6.45) is 0. The Kier molecular flexibility index (Phi) is 3.17. The summed E-state index contributed by atoms with van der Waals surface area (Å²) in [4.78, 5) is 0. The van der Waals surface area contributed by atoms with E-state index >= 15 is 0 Å². The number of nitriles is 1. The standard InChI is InChI=1S/C15H12ClN/c1-10-5-3-7-12(13(10)9-17)15-11(2)6-4-8-14(15)16/h3-8H,1-2H3. The van der Waals surface area contributed by atoms with Crippen LogP contribution in [-0.4, -0.2) is 0 Å². The number of rotatable bonds is 1. The smallest absolute Gasteiger partial charge is 0.100 e. The van der Waals surface area contributed by atoms with Gasteiger partial charge in [0.15, 0.2) is 0 Å². The Hall–Kier alpha value is -1.78. The average Bonchev–Trinajstić information content (AvgIpc) is 2.29. The predicted octanol–water partition coefficient (Wildman–Crippen LogP) is 4.50. The first-order chi connectivity index (χ1) is 8.15. The van der Waals surface area contributed by atoms with Crippen molar-refractivity contribution in [1.29, 1.82) is 5.26 Å². The second-order valence-electron chi connectivity index (χ2n) is 4.04. The van der Waals surface area contributed by atoms with Gasteiger partial charge < -0.3 is 0 Å². The largest absolute Gasteiger partial charge is 0.192 e. The molecular formula is C15H12ClN. The van der Waals surface area contributed by atoms with Crippen LogP contribution in [0.3, 0.4) is 0 Å². The van der Waals surface area contributed by atoms with Crippen molar-refractivity contribution in [2.24, 2.45) is 0 Å². The van der Waals surface area contributed by atoms with Crippen molar-refractivity contribution in [2.45, 2.75) is 13.8 Å². The summed E-state index contributed by atoms with van der Waals surface area (Å²) in [7, 11) is 0. The molecule has 0 unspecified atom stereocenters. The number of benzene rings is 2. The zero-order valence-corrected chi connectivity index (χ0v) is 10.5. The van der Waals surface area contributed by atoms with Gasteiger partial charge in [0.2, 0.25) is 0 Å². The molecule has 0 spiro atoms. The van der Waals surface area contributed by atoms with Gasteiger partial charge in [0, 0.05) is 16.1 Å². The predicted molar refractivity (Wildman–Crippen MR) is 71.1 cm³/mol. The number of aryl methyl sites for hydroxylation is 2. The van der Waals surface area contributed by atoms with E-state index in [2.05, 4.69) is 6.07 Å². The van der Waals surface area contributed by atoms with E-state index in [0.29, 0.717) is 10.6 Å². The normalized spacial score (nSPS) is 10.0. The quantitative estimate of drug-likeness (QED) is 0.721. The van der Waals surface area contributed by atoms with Crippen LogP contribution in [0.4, 0.5) is 0 Å². The summed E-state index contributed by atoms with van der Waals surface area (Å²) in [5, 5.41) is 9.94. The van der Waals surface area contributed by atoms with Gasteiger partial charge in [-0.3, -0.25) is 0 Å². The lowest BCUT2D eigenvalue weighted by Gasteiger charge is -2.11. The summed E-state index contributed by atoms with van der Waals surface area (Å²) < 4.78 is 0. The molecule has 2 rings (SSSR count). The van der Waals surface area contributed by atoms with E-state index in [1.807, 2.05) is 50.2 Å². The zero-order chi connectivity index (χ0) is 12.4. The van der Waals surface area contributed by atoms with Crippen LogP contribution in [0.1, 0.15) is 16.7 Å². The fourth-order valence-electron chi connectivity index (χ4n) is 2.00. The highest BCUT2D eigenvalue weighted by molar-refractivity contribution is 6.33. The summed E-state index contributed by atoms with van der Waals surface area (Å²) in [5.74, 6) is 0. The van der Waals surface area contributed by atoms with Crippen LogP contribution in [-0.2, 0) is 0 Å². The van der Waals surface area contributed by atoms with Crippen molar-refractivity contribution in [1.82, 2.24) is 0 Å². The number of hydrogen-bond donors (Lipinski definition) is 0. The van der Waals surface area contributed by atoms with Crippen LogP contribution in [0.25, 0.3) is 11.1 Å². The average molecular weight is 242 g/mol. The Morgan fingerprint density at radius 2 is 1.65 bits per heavy atom. The van der Waals surface area contributed by atoms with Gasteiger partial charge in [-0.25, -0.2) is 0 Å². The summed E-state index contributed by atoms with van der Waals surface area (Å²) in [6.45, 7) is 3.94. The minimum Gasteiger partial charge on any atom is -0.192 e. The maximum Gasteiger partial charge on any atom is 0.100 e. The Bertz CT molecular complexity index is 589. The fraction of sp³-hybridized carbons (Fsp3) is 0.133. The van der Waals surface area contributed by atoms with E-state index < -0.39 is 0 Å². The summed E-state index contributed by atoms with van der Waals surface area (Å²) >= 11 is 6.24. The van der Waals surface area contributed by atoms with Crippen LogP contribution in [0.15, 0.2) is 36.4 Å². The second-order valence-corrected chi connectivity index (χ2v) is 4.45. The molecule has 84 valence electrons. The van der Waals surface area contributed by atoms with Gasteiger partial charge in [0.25, 0.3) is 0 Å². The van der Waals surface area contributed by atoms with Crippen molar-refractivity contribution in [2.75, 3.05) is 0 Å². The first-order valence-corrected chi connectivity index (χ1v) is 5.78. The molecule has 2 aromatic carbocycles. The third-order valence-electron chi connectivity index (χ3n) is 2.88. The topological polar surface area (TPSA) is 23.8 Å². The second kappa shape index (κ2) is 4.61. The van der Waals surface area contributed by atoms with E-state index in [-0.39, 0.29) is 0 Å². The molecule has 0 saturated carbocycles. The molecule has 0 N–H and O–H groups in total. The summed E-state index contributed by atoms with van der Waals surface area (Å²) in [5.41, 5.74) is 4.62. The highest BCUT2D eigenvalue weighted by atomic mass is 35.5. The van der Waals surface area contributed by atoms with Crippen LogP contribution in [0, 0.1) is 25.2 Å². The van der Waals surface area contributed by atoms with Crippen LogP contribution >= 0.6 is 11.6 Å². The SMILES string of the molecule is Cc1cccc(-c2c(C)cccc2Cl)c1C#N. The van der Waals surface area contributed by atoms with Crippen LogP contribution in [0.2, 0.25) is 5.02 Å². The Morgan fingerprint density at radius 3 is 2.29 bits per heavy atom. The Balaban J connectivity index is 2.79. The molecule has 2 aromatic rings. The molecular weight excluding hydrogens is 230 g/mol. The van der Waals surface area contributed by atoms with Gasteiger partial charge in [0.1, 0.15) is 6.07 Å². The van der Waals surface area contributed by atoms with Gasteiger partial charge >= 0.3 is 0 Å². The molecule has 0 fully saturated rings. The molecule has 17 heavy (non-hydrogen) atoms. The van der Waals surface area contributed by atoms with Gasteiger partial charge in [0.05, 0.1) is 5.56 Å². The zero-order valence-electron chi connectivity index (χ0n) is 9.79. The molecule has 2 heteroatoms. The highest BCUT2D eigenvalue weighted by Crippen LogP contribution is 2.34. The van der Waals surface area contributed by atoms with Crippen LogP contribution in [0.5, 0.6) is 0 Å². The van der Waals surface area contributed by atoms with Crippen molar-refractivity contribution < 1.29 is 0 Å². The fourth-order valence-corrected chi connectivity index (χ4v) is 2.32. The van der Waals surface area contributed by atoms with Crippen molar-refractivity contribution >= 4 is 11.6 Å². The first-order valence-electron chi connectivity index (χ1n) is 5.40. The molecule has 0 bridgehead atoms. The van der Waals surface area contributed by atoms with E-state index in [4.69, 9.17) is 11.6 Å². The first kappa shape index (κ1) is 11.7. The lowest BCUT2D eigenvalue weighted by Crippen LogP contribution is -1.91. The maximum absolute atomic E-state index is 9.25. The molecule has 0 aromatic heterocycles. The maximum atomic E-state index is 9.25. The molecule has 0 aliphatic carbocycles. The lowest BCUT2D eigenvalue weighted by molar-refractivity contribution is 1.37. The minimum atomic E-state index is 0.687. The Labute approximate surface area is 106 Å². The molecule has 0 atom stereocenters. The summed E-state index contributed by atoms with van der Waals surface area (Å²) in [6, 6.07) is 13.9.